The molecule has 0 saturated carbocycles. The van der Waals surface area contributed by atoms with Crippen LogP contribution in [0.3, 0.4) is 0 Å². The van der Waals surface area contributed by atoms with Gasteiger partial charge in [0.1, 0.15) is 11.9 Å². The number of aromatic nitrogens is 3. The third-order valence-electron chi connectivity index (χ3n) is 2.15. The summed E-state index contributed by atoms with van der Waals surface area (Å²) in [4.78, 5) is 0. The highest BCUT2D eigenvalue weighted by molar-refractivity contribution is 4.97. The summed E-state index contributed by atoms with van der Waals surface area (Å²) in [5.41, 5.74) is 5.38. The van der Waals surface area contributed by atoms with E-state index in [9.17, 15) is 5.11 Å². The lowest BCUT2D eigenvalue weighted by atomic mass is 10.2. The van der Waals surface area contributed by atoms with E-state index in [4.69, 9.17) is 5.73 Å². The van der Waals surface area contributed by atoms with Crippen molar-refractivity contribution in [2.75, 3.05) is 6.54 Å². The van der Waals surface area contributed by atoms with Crippen LogP contribution in [-0.4, -0.2) is 26.4 Å². The Morgan fingerprint density at radius 2 is 2.21 bits per heavy atom. The van der Waals surface area contributed by atoms with Crippen molar-refractivity contribution in [3.8, 4) is 0 Å². The molecule has 1 heterocycles. The molecule has 5 heteroatoms. The second-order valence-corrected chi connectivity index (χ2v) is 3.35. The molecule has 0 aliphatic carbocycles. The van der Waals surface area contributed by atoms with Crippen molar-refractivity contribution in [3.63, 3.8) is 0 Å². The molecule has 80 valence electrons. The molecule has 0 saturated heterocycles. The van der Waals surface area contributed by atoms with Gasteiger partial charge in [0.05, 0.1) is 0 Å². The van der Waals surface area contributed by atoms with E-state index in [-0.39, 0.29) is 0 Å². The van der Waals surface area contributed by atoms with E-state index in [1.807, 2.05) is 11.5 Å². The third kappa shape index (κ3) is 2.30. The van der Waals surface area contributed by atoms with Crippen molar-refractivity contribution >= 4 is 0 Å². The topological polar surface area (TPSA) is 77.0 Å². The van der Waals surface area contributed by atoms with E-state index in [0.717, 1.165) is 18.8 Å². The van der Waals surface area contributed by atoms with Crippen LogP contribution >= 0.6 is 0 Å². The lowest BCUT2D eigenvalue weighted by molar-refractivity contribution is 0.155. The molecule has 0 aliphatic rings. The van der Waals surface area contributed by atoms with E-state index in [0.29, 0.717) is 18.8 Å². The fraction of sp³-hybridized carbons (Fsp3) is 0.778. The van der Waals surface area contributed by atoms with Crippen LogP contribution in [0.25, 0.3) is 0 Å². The van der Waals surface area contributed by atoms with Crippen LogP contribution in [0, 0.1) is 6.92 Å². The van der Waals surface area contributed by atoms with Gasteiger partial charge in [-0.2, -0.15) is 0 Å². The molecule has 1 rings (SSSR count). The zero-order chi connectivity index (χ0) is 10.6. The maximum absolute atomic E-state index is 9.74. The van der Waals surface area contributed by atoms with Crippen LogP contribution in [0.2, 0.25) is 0 Å². The van der Waals surface area contributed by atoms with Gasteiger partial charge in [0.2, 0.25) is 0 Å². The van der Waals surface area contributed by atoms with Crippen LogP contribution in [0.5, 0.6) is 0 Å². The number of hydrogen-bond acceptors (Lipinski definition) is 4. The number of rotatable bonds is 5. The summed E-state index contributed by atoms with van der Waals surface area (Å²) in [6.45, 7) is 5.27. The molecule has 0 spiro atoms. The molecule has 1 aromatic rings. The minimum Gasteiger partial charge on any atom is -0.385 e. The molecule has 1 aromatic heterocycles. The van der Waals surface area contributed by atoms with Crippen molar-refractivity contribution in [3.05, 3.63) is 11.6 Å². The summed E-state index contributed by atoms with van der Waals surface area (Å²) < 4.78 is 1.94. The number of aliphatic hydroxyl groups excluding tert-OH is 1. The summed E-state index contributed by atoms with van der Waals surface area (Å²) in [6, 6.07) is 0. The van der Waals surface area contributed by atoms with E-state index in [2.05, 4.69) is 17.1 Å². The van der Waals surface area contributed by atoms with Crippen molar-refractivity contribution in [2.24, 2.45) is 5.73 Å². The molecule has 0 fully saturated rings. The van der Waals surface area contributed by atoms with Gasteiger partial charge in [-0.05, 0) is 26.3 Å². The van der Waals surface area contributed by atoms with Gasteiger partial charge in [-0.25, -0.2) is 0 Å². The zero-order valence-electron chi connectivity index (χ0n) is 8.77. The van der Waals surface area contributed by atoms with Crippen LogP contribution in [0.1, 0.15) is 37.5 Å². The van der Waals surface area contributed by atoms with E-state index in [1.165, 1.54) is 0 Å². The van der Waals surface area contributed by atoms with Crippen LogP contribution in [0.15, 0.2) is 0 Å². The fourth-order valence-electron chi connectivity index (χ4n) is 1.43. The minimum absolute atomic E-state index is 0.458. The predicted octanol–water partition coefficient (Wildman–Crippen LogP) is 0.379. The number of nitrogens with two attached hydrogens (primary N) is 1. The first-order valence-corrected chi connectivity index (χ1v) is 4.98. The van der Waals surface area contributed by atoms with Gasteiger partial charge in [-0.1, -0.05) is 6.92 Å². The Kier molecular flexibility index (Phi) is 4.03. The summed E-state index contributed by atoms with van der Waals surface area (Å²) in [5.74, 6) is 1.48. The Balaban J connectivity index is 2.84. The quantitative estimate of drug-likeness (QED) is 0.717. The van der Waals surface area contributed by atoms with Gasteiger partial charge in [0, 0.05) is 6.54 Å². The smallest absolute Gasteiger partial charge is 0.162 e. The Morgan fingerprint density at radius 3 is 2.79 bits per heavy atom. The molecular weight excluding hydrogens is 180 g/mol. The average molecular weight is 198 g/mol. The van der Waals surface area contributed by atoms with E-state index < -0.39 is 6.10 Å². The average Bonchev–Trinajstić information content (AvgIpc) is 2.50. The largest absolute Gasteiger partial charge is 0.385 e. The normalized spacial score (nSPS) is 13.1. The molecule has 0 aliphatic heterocycles. The van der Waals surface area contributed by atoms with Gasteiger partial charge < -0.3 is 15.4 Å². The third-order valence-corrected chi connectivity index (χ3v) is 2.15. The van der Waals surface area contributed by atoms with Crippen LogP contribution in [-0.2, 0) is 6.54 Å². The molecule has 0 bridgehead atoms. The Hall–Kier alpha value is -0.940. The van der Waals surface area contributed by atoms with Crippen LogP contribution in [0.4, 0.5) is 0 Å². The highest BCUT2D eigenvalue weighted by Gasteiger charge is 2.15. The number of aryl methyl sites for hydroxylation is 1. The maximum atomic E-state index is 9.74. The zero-order valence-corrected chi connectivity index (χ0v) is 8.77. The van der Waals surface area contributed by atoms with E-state index in [1.54, 1.807) is 0 Å². The second-order valence-electron chi connectivity index (χ2n) is 3.35. The molecule has 0 amide bonds. The number of nitrogens with zero attached hydrogens (tertiary/aromatic N) is 3. The summed E-state index contributed by atoms with van der Waals surface area (Å²) in [5, 5.41) is 17.6. The lowest BCUT2D eigenvalue weighted by Gasteiger charge is -2.11. The first-order chi connectivity index (χ1) is 6.70. The maximum Gasteiger partial charge on any atom is 0.162 e. The first kappa shape index (κ1) is 11.1. The Bertz CT molecular complexity index is 284. The lowest BCUT2D eigenvalue weighted by Crippen LogP contribution is -2.13. The molecule has 0 unspecified atom stereocenters. The van der Waals surface area contributed by atoms with Gasteiger partial charge >= 0.3 is 0 Å². The molecule has 0 radical (unpaired) electrons. The van der Waals surface area contributed by atoms with Gasteiger partial charge in [-0.3, -0.25) is 0 Å². The summed E-state index contributed by atoms with van der Waals surface area (Å²) >= 11 is 0. The van der Waals surface area contributed by atoms with Crippen molar-refractivity contribution in [1.29, 1.82) is 0 Å². The number of aliphatic hydroxyl groups is 1. The van der Waals surface area contributed by atoms with E-state index >= 15 is 0 Å². The molecular formula is C9H18N4O. The second kappa shape index (κ2) is 5.07. The highest BCUT2D eigenvalue weighted by atomic mass is 16.3. The van der Waals surface area contributed by atoms with Crippen LogP contribution < -0.4 is 5.73 Å². The number of hydrogen-bond donors (Lipinski definition) is 2. The monoisotopic (exact) mass is 198 g/mol. The Labute approximate surface area is 83.9 Å². The molecule has 1 atom stereocenters. The molecule has 5 nitrogen and oxygen atoms in total. The summed E-state index contributed by atoms with van der Waals surface area (Å²) in [7, 11) is 0. The van der Waals surface area contributed by atoms with Gasteiger partial charge in [-0.15, -0.1) is 10.2 Å². The SMILES string of the molecule is CCCn1c(C)nnc1[C@@H](O)CCN. The fourth-order valence-corrected chi connectivity index (χ4v) is 1.43. The highest BCUT2D eigenvalue weighted by Crippen LogP contribution is 2.15. The summed E-state index contributed by atoms with van der Waals surface area (Å²) in [6.07, 6.45) is 0.941. The van der Waals surface area contributed by atoms with Crippen molar-refractivity contribution in [2.45, 2.75) is 39.3 Å². The predicted molar refractivity (Wildman–Crippen MR) is 53.7 cm³/mol. The first-order valence-electron chi connectivity index (χ1n) is 4.98. The van der Waals surface area contributed by atoms with Crippen molar-refractivity contribution in [1.82, 2.24) is 14.8 Å². The van der Waals surface area contributed by atoms with Gasteiger partial charge in [0.15, 0.2) is 5.82 Å². The van der Waals surface area contributed by atoms with Crippen molar-refractivity contribution < 1.29 is 5.11 Å². The van der Waals surface area contributed by atoms with Gasteiger partial charge in [0.25, 0.3) is 0 Å². The standard InChI is InChI=1S/C9H18N4O/c1-3-6-13-7(2)11-12-9(13)8(14)4-5-10/h8,14H,3-6,10H2,1-2H3/t8-/m0/s1. The molecule has 3 N–H and O–H groups in total. The minimum atomic E-state index is -0.590. The molecule has 0 aromatic carbocycles. The molecule has 14 heavy (non-hydrogen) atoms. The Morgan fingerprint density at radius 1 is 1.50 bits per heavy atom.